The average molecular weight is 335 g/mol. The summed E-state index contributed by atoms with van der Waals surface area (Å²) in [6.07, 6.45) is 0.654. The van der Waals surface area contributed by atoms with Gasteiger partial charge >= 0.3 is 0 Å². The smallest absolute Gasteiger partial charge is 0.247 e. The van der Waals surface area contributed by atoms with Gasteiger partial charge in [0, 0.05) is 16.6 Å². The molecule has 0 aromatic heterocycles. The van der Waals surface area contributed by atoms with Crippen molar-refractivity contribution in [3.8, 4) is 0 Å². The lowest BCUT2D eigenvalue weighted by atomic mass is 10.1. The minimum Gasteiger partial charge on any atom is -0.373 e. The molecule has 1 amide bonds. The van der Waals surface area contributed by atoms with Gasteiger partial charge < -0.3 is 10.6 Å². The van der Waals surface area contributed by atoms with Crippen LogP contribution in [-0.2, 0) is 11.2 Å². The first-order valence-corrected chi connectivity index (χ1v) is 7.03. The highest BCUT2D eigenvalue weighted by atomic mass is 79.9. The van der Waals surface area contributed by atoms with Gasteiger partial charge in [-0.2, -0.15) is 0 Å². The molecule has 1 aliphatic heterocycles. The van der Waals surface area contributed by atoms with Crippen LogP contribution in [0.15, 0.2) is 46.9 Å². The van der Waals surface area contributed by atoms with Gasteiger partial charge in [0.2, 0.25) is 5.91 Å². The van der Waals surface area contributed by atoms with Crippen molar-refractivity contribution in [1.82, 2.24) is 0 Å². The van der Waals surface area contributed by atoms with E-state index in [1.165, 1.54) is 12.1 Å². The lowest BCUT2D eigenvalue weighted by Gasteiger charge is -2.13. The highest BCUT2D eigenvalue weighted by Gasteiger charge is 2.26. The maximum absolute atomic E-state index is 13.0. The number of para-hydroxylation sites is 1. The summed E-state index contributed by atoms with van der Waals surface area (Å²) >= 11 is 3.24. The Kier molecular flexibility index (Phi) is 3.44. The number of benzene rings is 2. The molecule has 0 unspecified atom stereocenters. The van der Waals surface area contributed by atoms with Crippen LogP contribution < -0.4 is 10.6 Å². The third-order valence-electron chi connectivity index (χ3n) is 3.28. The molecule has 0 fully saturated rings. The fraction of sp³-hybridized carbons (Fsp3) is 0.133. The van der Waals surface area contributed by atoms with Gasteiger partial charge in [-0.05, 0) is 45.8 Å². The van der Waals surface area contributed by atoms with Crippen LogP contribution in [0.1, 0.15) is 5.56 Å². The minimum atomic E-state index is -0.346. The van der Waals surface area contributed by atoms with E-state index >= 15 is 0 Å². The van der Waals surface area contributed by atoms with Gasteiger partial charge in [-0.15, -0.1) is 0 Å². The molecule has 3 rings (SSSR count). The first-order valence-electron chi connectivity index (χ1n) is 6.24. The number of nitrogens with one attached hydrogen (secondary N) is 2. The number of carbonyl (C=O) groups is 1. The van der Waals surface area contributed by atoms with Crippen molar-refractivity contribution in [2.75, 3.05) is 10.6 Å². The molecule has 1 aliphatic rings. The quantitative estimate of drug-likeness (QED) is 0.881. The predicted octanol–water partition coefficient (Wildman–Crippen LogP) is 3.56. The zero-order valence-corrected chi connectivity index (χ0v) is 12.1. The van der Waals surface area contributed by atoms with Crippen LogP contribution in [0, 0.1) is 5.82 Å². The number of hydrogen-bond acceptors (Lipinski definition) is 2. The Labute approximate surface area is 124 Å². The molecule has 0 bridgehead atoms. The van der Waals surface area contributed by atoms with Crippen molar-refractivity contribution < 1.29 is 9.18 Å². The van der Waals surface area contributed by atoms with Crippen molar-refractivity contribution >= 4 is 33.2 Å². The summed E-state index contributed by atoms with van der Waals surface area (Å²) in [5, 5.41) is 5.98. The molecule has 102 valence electrons. The number of anilines is 2. The van der Waals surface area contributed by atoms with E-state index in [4.69, 9.17) is 0 Å². The minimum absolute atomic E-state index is 0.131. The molecule has 0 radical (unpaired) electrons. The summed E-state index contributed by atoms with van der Waals surface area (Å²) in [5.41, 5.74) is 2.69. The van der Waals surface area contributed by atoms with E-state index in [-0.39, 0.29) is 17.8 Å². The highest BCUT2D eigenvalue weighted by molar-refractivity contribution is 9.10. The standard InChI is InChI=1S/C15H12BrFN2O/c16-11-8-10(17)5-6-13(11)19-15(20)14-7-9-3-1-2-4-12(9)18-14/h1-6,8,14,18H,7H2,(H,19,20)/t14-/m0/s1. The van der Waals surface area contributed by atoms with Crippen LogP contribution in [0.3, 0.4) is 0 Å². The lowest BCUT2D eigenvalue weighted by Crippen LogP contribution is -2.32. The molecule has 0 aliphatic carbocycles. The van der Waals surface area contributed by atoms with Crippen LogP contribution in [0.5, 0.6) is 0 Å². The second kappa shape index (κ2) is 5.25. The van der Waals surface area contributed by atoms with Gasteiger partial charge in [-0.25, -0.2) is 4.39 Å². The number of amides is 1. The predicted molar refractivity (Wildman–Crippen MR) is 80.3 cm³/mol. The van der Waals surface area contributed by atoms with Gasteiger partial charge in [0.15, 0.2) is 0 Å². The zero-order valence-electron chi connectivity index (χ0n) is 10.5. The normalized spacial score (nSPS) is 16.4. The van der Waals surface area contributed by atoms with E-state index < -0.39 is 0 Å². The van der Waals surface area contributed by atoms with Crippen molar-refractivity contribution in [3.63, 3.8) is 0 Å². The van der Waals surface area contributed by atoms with Crippen LogP contribution >= 0.6 is 15.9 Å². The molecular formula is C15H12BrFN2O. The summed E-state index contributed by atoms with van der Waals surface area (Å²) in [6.45, 7) is 0. The first kappa shape index (κ1) is 13.1. The molecule has 1 heterocycles. The molecule has 0 saturated heterocycles. The molecule has 2 aromatic carbocycles. The second-order valence-electron chi connectivity index (χ2n) is 4.67. The third kappa shape index (κ3) is 2.54. The zero-order chi connectivity index (χ0) is 14.1. The van der Waals surface area contributed by atoms with Crippen molar-refractivity contribution in [2.45, 2.75) is 12.5 Å². The van der Waals surface area contributed by atoms with E-state index in [9.17, 15) is 9.18 Å². The number of hydrogen-bond donors (Lipinski definition) is 2. The fourth-order valence-corrected chi connectivity index (χ4v) is 2.72. The molecule has 5 heteroatoms. The van der Waals surface area contributed by atoms with E-state index in [2.05, 4.69) is 26.6 Å². The Morgan fingerprint density at radius 1 is 1.30 bits per heavy atom. The van der Waals surface area contributed by atoms with Crippen LogP contribution in [0.2, 0.25) is 0 Å². The summed E-state index contributed by atoms with van der Waals surface area (Å²) < 4.78 is 13.5. The number of halogens is 2. The van der Waals surface area contributed by atoms with E-state index in [1.807, 2.05) is 24.3 Å². The maximum atomic E-state index is 13.0. The van der Waals surface area contributed by atoms with Crippen LogP contribution in [-0.4, -0.2) is 11.9 Å². The second-order valence-corrected chi connectivity index (χ2v) is 5.53. The van der Waals surface area contributed by atoms with E-state index in [1.54, 1.807) is 6.07 Å². The highest BCUT2D eigenvalue weighted by Crippen LogP contribution is 2.27. The Morgan fingerprint density at radius 3 is 2.85 bits per heavy atom. The maximum Gasteiger partial charge on any atom is 0.247 e. The largest absolute Gasteiger partial charge is 0.373 e. The van der Waals surface area contributed by atoms with E-state index in [0.717, 1.165) is 11.3 Å². The number of fused-ring (bicyclic) bond motifs is 1. The van der Waals surface area contributed by atoms with Gasteiger partial charge in [-0.3, -0.25) is 4.79 Å². The van der Waals surface area contributed by atoms with Crippen LogP contribution in [0.4, 0.5) is 15.8 Å². The van der Waals surface area contributed by atoms with Crippen molar-refractivity contribution in [2.24, 2.45) is 0 Å². The Bertz CT molecular complexity index is 650. The van der Waals surface area contributed by atoms with Gasteiger partial charge in [0.1, 0.15) is 11.9 Å². The number of rotatable bonds is 2. The molecular weight excluding hydrogens is 323 g/mol. The summed E-state index contributed by atoms with van der Waals surface area (Å²) in [5.74, 6) is -0.477. The van der Waals surface area contributed by atoms with Crippen LogP contribution in [0.25, 0.3) is 0 Å². The third-order valence-corrected chi connectivity index (χ3v) is 3.93. The number of carbonyl (C=O) groups excluding carboxylic acids is 1. The molecule has 2 N–H and O–H groups in total. The fourth-order valence-electron chi connectivity index (χ4n) is 2.27. The summed E-state index contributed by atoms with van der Waals surface area (Å²) in [6, 6.07) is 11.7. The SMILES string of the molecule is O=C(Nc1ccc(F)cc1Br)[C@@H]1Cc2ccccc2N1. The first-order chi connectivity index (χ1) is 9.63. The lowest BCUT2D eigenvalue weighted by molar-refractivity contribution is -0.116. The molecule has 0 spiro atoms. The Morgan fingerprint density at radius 2 is 2.10 bits per heavy atom. The van der Waals surface area contributed by atoms with Crippen molar-refractivity contribution in [3.05, 3.63) is 58.3 Å². The summed E-state index contributed by atoms with van der Waals surface area (Å²) in [7, 11) is 0. The molecule has 20 heavy (non-hydrogen) atoms. The average Bonchev–Trinajstić information content (AvgIpc) is 2.86. The Balaban J connectivity index is 1.72. The van der Waals surface area contributed by atoms with E-state index in [0.29, 0.717) is 16.6 Å². The molecule has 3 nitrogen and oxygen atoms in total. The molecule has 0 saturated carbocycles. The van der Waals surface area contributed by atoms with Crippen molar-refractivity contribution in [1.29, 1.82) is 0 Å². The van der Waals surface area contributed by atoms with Gasteiger partial charge in [0.05, 0.1) is 5.69 Å². The summed E-state index contributed by atoms with van der Waals surface area (Å²) in [4.78, 5) is 12.2. The molecule has 1 atom stereocenters. The van der Waals surface area contributed by atoms with Gasteiger partial charge in [0.25, 0.3) is 0 Å². The topological polar surface area (TPSA) is 41.1 Å². The Hall–Kier alpha value is -1.88. The molecule has 2 aromatic rings. The monoisotopic (exact) mass is 334 g/mol. The van der Waals surface area contributed by atoms with Gasteiger partial charge in [-0.1, -0.05) is 18.2 Å².